The van der Waals surface area contributed by atoms with Gasteiger partial charge in [0.1, 0.15) is 0 Å². The van der Waals surface area contributed by atoms with Gasteiger partial charge in [-0.05, 0) is 30.9 Å². The molecule has 1 aliphatic heterocycles. The first kappa shape index (κ1) is 8.77. The fourth-order valence-corrected chi connectivity index (χ4v) is 2.22. The van der Waals surface area contributed by atoms with E-state index in [1.165, 1.54) is 29.8 Å². The third kappa shape index (κ3) is 1.39. The Morgan fingerprint density at radius 1 is 1.47 bits per heavy atom. The molecule has 0 radical (unpaired) electrons. The van der Waals surface area contributed by atoms with E-state index in [2.05, 4.69) is 21.7 Å². The molecule has 0 amide bonds. The molecule has 1 aromatic heterocycles. The van der Waals surface area contributed by atoms with Gasteiger partial charge in [0.25, 0.3) is 0 Å². The predicted octanol–water partition coefficient (Wildman–Crippen LogP) is 1.85. The van der Waals surface area contributed by atoms with Gasteiger partial charge < -0.3 is 10.6 Å². The third-order valence-electron chi connectivity index (χ3n) is 3.13. The molecular weight excluding hydrogens is 186 g/mol. The molecule has 1 fully saturated rings. The highest BCUT2D eigenvalue weighted by Gasteiger charge is 2.33. The van der Waals surface area contributed by atoms with Crippen molar-refractivity contribution in [2.45, 2.75) is 12.8 Å². The maximum atomic E-state index is 4.50. The van der Waals surface area contributed by atoms with Crippen LogP contribution in [0, 0.1) is 5.92 Å². The molecule has 0 saturated heterocycles. The summed E-state index contributed by atoms with van der Waals surface area (Å²) in [5.41, 5.74) is 5.07. The van der Waals surface area contributed by atoms with Crippen molar-refractivity contribution in [3.05, 3.63) is 29.7 Å². The molecule has 2 N–H and O–H groups in total. The van der Waals surface area contributed by atoms with Crippen molar-refractivity contribution in [2.75, 3.05) is 18.9 Å². The van der Waals surface area contributed by atoms with Gasteiger partial charge in [-0.25, -0.2) is 0 Å². The lowest BCUT2D eigenvalue weighted by molar-refractivity contribution is 0.907. The standard InChI is InChI=1S/C12H15N3/c1-13-10-7-15-9-3-2-6-14-12(9)11(10)8-4-5-8/h2-3,6,8,13,15H,4-5,7H2,1H3. The van der Waals surface area contributed by atoms with Crippen LogP contribution in [0.5, 0.6) is 0 Å². The lowest BCUT2D eigenvalue weighted by Gasteiger charge is -2.23. The first-order valence-electron chi connectivity index (χ1n) is 5.50. The van der Waals surface area contributed by atoms with Crippen molar-refractivity contribution < 1.29 is 0 Å². The molecule has 0 aromatic carbocycles. The summed E-state index contributed by atoms with van der Waals surface area (Å²) >= 11 is 0. The summed E-state index contributed by atoms with van der Waals surface area (Å²) in [6.07, 6.45) is 4.51. The average Bonchev–Trinajstić information content (AvgIpc) is 3.11. The van der Waals surface area contributed by atoms with Gasteiger partial charge in [-0.3, -0.25) is 4.98 Å². The van der Waals surface area contributed by atoms with Crippen LogP contribution in [0.1, 0.15) is 18.5 Å². The van der Waals surface area contributed by atoms with Crippen LogP contribution in [-0.2, 0) is 0 Å². The van der Waals surface area contributed by atoms with Crippen molar-refractivity contribution in [1.29, 1.82) is 0 Å². The number of pyridine rings is 1. The Balaban J connectivity index is 2.13. The summed E-state index contributed by atoms with van der Waals surface area (Å²) in [5, 5.41) is 6.69. The van der Waals surface area contributed by atoms with Crippen molar-refractivity contribution in [3.63, 3.8) is 0 Å². The molecule has 3 heteroatoms. The molecular formula is C12H15N3. The number of nitrogens with one attached hydrogen (secondary N) is 2. The normalized spacial score (nSPS) is 19.5. The van der Waals surface area contributed by atoms with Crippen LogP contribution in [0.3, 0.4) is 0 Å². The zero-order valence-corrected chi connectivity index (χ0v) is 8.88. The Hall–Kier alpha value is -1.51. The van der Waals surface area contributed by atoms with Crippen LogP contribution in [0.25, 0.3) is 5.57 Å². The Morgan fingerprint density at radius 2 is 2.33 bits per heavy atom. The zero-order chi connectivity index (χ0) is 10.3. The average molecular weight is 201 g/mol. The number of hydrogen-bond donors (Lipinski definition) is 2. The Kier molecular flexibility index (Phi) is 1.91. The number of likely N-dealkylation sites (N-methyl/N-ethyl adjacent to an activating group) is 1. The minimum absolute atomic E-state index is 0.739. The summed E-state index contributed by atoms with van der Waals surface area (Å²) < 4.78 is 0. The van der Waals surface area contributed by atoms with Crippen molar-refractivity contribution >= 4 is 11.3 Å². The van der Waals surface area contributed by atoms with Gasteiger partial charge in [0.2, 0.25) is 0 Å². The molecule has 1 saturated carbocycles. The van der Waals surface area contributed by atoms with Gasteiger partial charge in [0.15, 0.2) is 0 Å². The van der Waals surface area contributed by atoms with Gasteiger partial charge in [-0.15, -0.1) is 0 Å². The number of anilines is 1. The van der Waals surface area contributed by atoms with Gasteiger partial charge in [0, 0.05) is 24.5 Å². The molecule has 3 nitrogen and oxygen atoms in total. The first-order chi connectivity index (χ1) is 7.40. The van der Waals surface area contributed by atoms with E-state index in [4.69, 9.17) is 0 Å². The van der Waals surface area contributed by atoms with Crippen LogP contribution < -0.4 is 10.6 Å². The fraction of sp³-hybridized carbons (Fsp3) is 0.417. The number of rotatable bonds is 2. The highest BCUT2D eigenvalue weighted by Crippen LogP contribution is 2.45. The smallest absolute Gasteiger partial charge is 0.0913 e. The largest absolute Gasteiger partial charge is 0.390 e. The number of aromatic nitrogens is 1. The Labute approximate surface area is 89.6 Å². The molecule has 78 valence electrons. The second-order valence-corrected chi connectivity index (χ2v) is 4.17. The molecule has 3 rings (SSSR count). The maximum Gasteiger partial charge on any atom is 0.0913 e. The van der Waals surface area contributed by atoms with Crippen LogP contribution in [0.4, 0.5) is 5.69 Å². The summed E-state index contributed by atoms with van der Waals surface area (Å²) in [5.74, 6) is 0.739. The fourth-order valence-electron chi connectivity index (χ4n) is 2.22. The predicted molar refractivity (Wildman–Crippen MR) is 61.4 cm³/mol. The Morgan fingerprint density at radius 3 is 3.07 bits per heavy atom. The quantitative estimate of drug-likeness (QED) is 0.766. The highest BCUT2D eigenvalue weighted by atomic mass is 15.0. The lowest BCUT2D eigenvalue weighted by Crippen LogP contribution is -2.23. The summed E-state index contributed by atoms with van der Waals surface area (Å²) in [7, 11) is 1.99. The molecule has 2 heterocycles. The maximum absolute atomic E-state index is 4.50. The topological polar surface area (TPSA) is 37.0 Å². The summed E-state index contributed by atoms with van der Waals surface area (Å²) in [4.78, 5) is 4.50. The van der Waals surface area contributed by atoms with Gasteiger partial charge in [-0.2, -0.15) is 0 Å². The molecule has 1 aromatic rings. The van der Waals surface area contributed by atoms with E-state index >= 15 is 0 Å². The van der Waals surface area contributed by atoms with E-state index in [1.54, 1.807) is 0 Å². The minimum Gasteiger partial charge on any atom is -0.390 e. The molecule has 1 aliphatic carbocycles. The second kappa shape index (κ2) is 3.26. The number of allylic oxidation sites excluding steroid dienone is 1. The first-order valence-corrected chi connectivity index (χ1v) is 5.50. The molecule has 0 unspecified atom stereocenters. The van der Waals surface area contributed by atoms with Gasteiger partial charge in [0.05, 0.1) is 17.9 Å². The number of fused-ring (bicyclic) bond motifs is 1. The second-order valence-electron chi connectivity index (χ2n) is 4.17. The van der Waals surface area contributed by atoms with E-state index in [1.807, 2.05) is 19.3 Å². The van der Waals surface area contributed by atoms with Crippen LogP contribution in [0.15, 0.2) is 24.0 Å². The van der Waals surface area contributed by atoms with Gasteiger partial charge >= 0.3 is 0 Å². The van der Waals surface area contributed by atoms with E-state index in [-0.39, 0.29) is 0 Å². The van der Waals surface area contributed by atoms with Crippen molar-refractivity contribution in [2.24, 2.45) is 5.92 Å². The number of nitrogens with zero attached hydrogens (tertiary/aromatic N) is 1. The number of hydrogen-bond acceptors (Lipinski definition) is 3. The Bertz CT molecular complexity index is 419. The van der Waals surface area contributed by atoms with Crippen molar-refractivity contribution in [3.8, 4) is 0 Å². The van der Waals surface area contributed by atoms with E-state index in [9.17, 15) is 0 Å². The molecule has 2 aliphatic rings. The van der Waals surface area contributed by atoms with Crippen LogP contribution in [0.2, 0.25) is 0 Å². The molecule has 15 heavy (non-hydrogen) atoms. The zero-order valence-electron chi connectivity index (χ0n) is 8.88. The highest BCUT2D eigenvalue weighted by molar-refractivity contribution is 5.81. The van der Waals surface area contributed by atoms with Gasteiger partial charge in [-0.1, -0.05) is 0 Å². The summed E-state index contributed by atoms with van der Waals surface area (Å²) in [6.45, 7) is 0.904. The summed E-state index contributed by atoms with van der Waals surface area (Å²) in [6, 6.07) is 4.10. The van der Waals surface area contributed by atoms with E-state index in [0.29, 0.717) is 0 Å². The van der Waals surface area contributed by atoms with E-state index < -0.39 is 0 Å². The van der Waals surface area contributed by atoms with Crippen LogP contribution in [-0.4, -0.2) is 18.6 Å². The van der Waals surface area contributed by atoms with Crippen LogP contribution >= 0.6 is 0 Å². The van der Waals surface area contributed by atoms with Crippen molar-refractivity contribution in [1.82, 2.24) is 10.3 Å². The monoisotopic (exact) mass is 201 g/mol. The molecule has 0 bridgehead atoms. The third-order valence-corrected chi connectivity index (χ3v) is 3.13. The molecule has 0 atom stereocenters. The molecule has 0 spiro atoms. The SMILES string of the molecule is CNC1=C(C2CC2)c2ncccc2NC1. The van der Waals surface area contributed by atoms with E-state index in [0.717, 1.165) is 18.2 Å². The minimum atomic E-state index is 0.739. The lowest BCUT2D eigenvalue weighted by atomic mass is 9.99.